The summed E-state index contributed by atoms with van der Waals surface area (Å²) in [5.41, 5.74) is 0.704. The maximum absolute atomic E-state index is 13.5. The fourth-order valence-electron chi connectivity index (χ4n) is 1.89. The average molecular weight is 254 g/mol. The van der Waals surface area contributed by atoms with Crippen LogP contribution in [0.1, 0.15) is 10.4 Å². The summed E-state index contributed by atoms with van der Waals surface area (Å²) >= 11 is 1.84. The van der Waals surface area contributed by atoms with Crippen LogP contribution in [0.15, 0.2) is 18.2 Å². The number of para-hydroxylation sites is 1. The zero-order valence-electron chi connectivity index (χ0n) is 9.70. The minimum absolute atomic E-state index is 0.0887. The first kappa shape index (κ1) is 12.2. The molecule has 2 rings (SSSR count). The summed E-state index contributed by atoms with van der Waals surface area (Å²) in [7, 11) is 1.63. The van der Waals surface area contributed by atoms with Crippen LogP contribution >= 0.6 is 11.8 Å². The zero-order chi connectivity index (χ0) is 12.3. The third kappa shape index (κ3) is 2.54. The second kappa shape index (κ2) is 5.40. The maximum atomic E-state index is 13.5. The Morgan fingerprint density at radius 2 is 2.12 bits per heavy atom. The van der Waals surface area contributed by atoms with Gasteiger partial charge in [0.25, 0.3) is 5.91 Å². The number of rotatable bonds is 2. The second-order valence-electron chi connectivity index (χ2n) is 3.82. The van der Waals surface area contributed by atoms with Gasteiger partial charge in [-0.1, -0.05) is 6.07 Å². The molecular weight excluding hydrogens is 239 g/mol. The van der Waals surface area contributed by atoms with Gasteiger partial charge in [0.15, 0.2) is 0 Å². The molecule has 92 valence electrons. The molecule has 1 fully saturated rings. The van der Waals surface area contributed by atoms with Crippen LogP contribution in [-0.2, 0) is 0 Å². The van der Waals surface area contributed by atoms with Crippen LogP contribution in [0.5, 0.6) is 0 Å². The number of halogens is 1. The molecule has 1 saturated heterocycles. The molecule has 1 amide bonds. The van der Waals surface area contributed by atoms with Gasteiger partial charge < -0.3 is 10.2 Å². The maximum Gasteiger partial charge on any atom is 0.256 e. The fraction of sp³-hybridized carbons (Fsp3) is 0.417. The lowest BCUT2D eigenvalue weighted by molar-refractivity contribution is 0.0773. The van der Waals surface area contributed by atoms with Crippen LogP contribution < -0.4 is 5.32 Å². The molecule has 0 radical (unpaired) electrons. The van der Waals surface area contributed by atoms with E-state index in [1.807, 2.05) is 11.8 Å². The van der Waals surface area contributed by atoms with Gasteiger partial charge in [-0.25, -0.2) is 4.39 Å². The smallest absolute Gasteiger partial charge is 0.256 e. The van der Waals surface area contributed by atoms with E-state index in [1.54, 1.807) is 24.1 Å². The van der Waals surface area contributed by atoms with Crippen molar-refractivity contribution < 1.29 is 9.18 Å². The molecule has 17 heavy (non-hydrogen) atoms. The average Bonchev–Trinajstić information content (AvgIpc) is 2.38. The third-order valence-corrected chi connectivity index (χ3v) is 3.73. The molecule has 3 nitrogen and oxygen atoms in total. The molecule has 5 heteroatoms. The Bertz CT molecular complexity index is 419. The van der Waals surface area contributed by atoms with Crippen molar-refractivity contribution >= 4 is 23.4 Å². The van der Waals surface area contributed by atoms with Gasteiger partial charge in [0.05, 0.1) is 11.3 Å². The van der Waals surface area contributed by atoms with Gasteiger partial charge in [-0.2, -0.15) is 11.8 Å². The quantitative estimate of drug-likeness (QED) is 0.876. The molecule has 1 aliphatic heterocycles. The fourth-order valence-corrected chi connectivity index (χ4v) is 2.80. The summed E-state index contributed by atoms with van der Waals surface area (Å²) in [5, 5.41) is 2.76. The zero-order valence-corrected chi connectivity index (χ0v) is 10.5. The van der Waals surface area contributed by atoms with Crippen LogP contribution in [0.25, 0.3) is 0 Å². The Kier molecular flexibility index (Phi) is 3.89. The molecule has 0 saturated carbocycles. The molecule has 0 aliphatic carbocycles. The van der Waals surface area contributed by atoms with Gasteiger partial charge in [-0.3, -0.25) is 4.79 Å². The molecule has 0 atom stereocenters. The number of carbonyl (C=O) groups excluding carboxylic acids is 1. The summed E-state index contributed by atoms with van der Waals surface area (Å²) in [6, 6.07) is 4.59. The highest BCUT2D eigenvalue weighted by Crippen LogP contribution is 2.22. The number of anilines is 1. The standard InChI is InChI=1S/C12H15FN2OS/c1-14-11-9(3-2-4-10(11)13)12(16)15-5-7-17-8-6-15/h2-4,14H,5-8H2,1H3. The first-order valence-corrected chi connectivity index (χ1v) is 6.73. The van der Waals surface area contributed by atoms with Crippen molar-refractivity contribution in [2.45, 2.75) is 0 Å². The van der Waals surface area contributed by atoms with E-state index in [9.17, 15) is 9.18 Å². The molecule has 0 bridgehead atoms. The molecule has 1 aromatic rings. The number of benzene rings is 1. The van der Waals surface area contributed by atoms with E-state index in [4.69, 9.17) is 0 Å². The molecule has 0 unspecified atom stereocenters. The second-order valence-corrected chi connectivity index (χ2v) is 5.04. The van der Waals surface area contributed by atoms with Crippen LogP contribution in [0.2, 0.25) is 0 Å². The molecule has 1 heterocycles. The van der Waals surface area contributed by atoms with Crippen LogP contribution in [0.4, 0.5) is 10.1 Å². The van der Waals surface area contributed by atoms with Crippen LogP contribution in [-0.4, -0.2) is 42.4 Å². The number of nitrogens with one attached hydrogen (secondary N) is 1. The topological polar surface area (TPSA) is 32.3 Å². The minimum atomic E-state index is -0.385. The predicted octanol–water partition coefficient (Wildman–Crippen LogP) is 2.06. The number of carbonyl (C=O) groups is 1. The highest BCUT2D eigenvalue weighted by atomic mass is 32.2. The van der Waals surface area contributed by atoms with Crippen molar-refractivity contribution in [1.29, 1.82) is 0 Å². The van der Waals surface area contributed by atoms with Gasteiger partial charge in [0, 0.05) is 31.6 Å². The Hall–Kier alpha value is -1.23. The number of thioether (sulfide) groups is 1. The molecule has 1 aromatic carbocycles. The molecule has 0 aromatic heterocycles. The first-order chi connectivity index (χ1) is 8.24. The Labute approximate surface area is 104 Å². The van der Waals surface area contributed by atoms with Crippen molar-refractivity contribution in [1.82, 2.24) is 4.90 Å². The highest BCUT2D eigenvalue weighted by Gasteiger charge is 2.21. The number of hydrogen-bond donors (Lipinski definition) is 1. The molecule has 1 N–H and O–H groups in total. The minimum Gasteiger partial charge on any atom is -0.385 e. The lowest BCUT2D eigenvalue weighted by Gasteiger charge is -2.27. The van der Waals surface area contributed by atoms with E-state index in [-0.39, 0.29) is 17.4 Å². The van der Waals surface area contributed by atoms with Crippen molar-refractivity contribution in [2.75, 3.05) is 37.0 Å². The van der Waals surface area contributed by atoms with Gasteiger partial charge >= 0.3 is 0 Å². The van der Waals surface area contributed by atoms with Gasteiger partial charge in [-0.05, 0) is 12.1 Å². The summed E-state index contributed by atoms with van der Waals surface area (Å²) in [5.74, 6) is 1.44. The van der Waals surface area contributed by atoms with Gasteiger partial charge in [-0.15, -0.1) is 0 Å². The molecular formula is C12H15FN2OS. The third-order valence-electron chi connectivity index (χ3n) is 2.79. The largest absolute Gasteiger partial charge is 0.385 e. The summed E-state index contributed by atoms with van der Waals surface area (Å²) < 4.78 is 13.5. The lowest BCUT2D eigenvalue weighted by atomic mass is 10.1. The van der Waals surface area contributed by atoms with E-state index in [0.717, 1.165) is 24.6 Å². The summed E-state index contributed by atoms with van der Waals surface area (Å²) in [6.07, 6.45) is 0. The Balaban J connectivity index is 2.26. The monoisotopic (exact) mass is 254 g/mol. The molecule has 1 aliphatic rings. The summed E-state index contributed by atoms with van der Waals surface area (Å²) in [4.78, 5) is 14.0. The van der Waals surface area contributed by atoms with Crippen molar-refractivity contribution in [3.8, 4) is 0 Å². The van der Waals surface area contributed by atoms with E-state index < -0.39 is 0 Å². The van der Waals surface area contributed by atoms with Crippen LogP contribution in [0.3, 0.4) is 0 Å². The first-order valence-electron chi connectivity index (χ1n) is 5.57. The molecule has 0 spiro atoms. The van der Waals surface area contributed by atoms with Crippen molar-refractivity contribution in [3.05, 3.63) is 29.6 Å². The van der Waals surface area contributed by atoms with E-state index >= 15 is 0 Å². The van der Waals surface area contributed by atoms with E-state index in [2.05, 4.69) is 5.32 Å². The number of nitrogens with zero attached hydrogens (tertiary/aromatic N) is 1. The van der Waals surface area contributed by atoms with Gasteiger partial charge in [0.2, 0.25) is 0 Å². The van der Waals surface area contributed by atoms with Gasteiger partial charge in [0.1, 0.15) is 5.82 Å². The Morgan fingerprint density at radius 1 is 1.41 bits per heavy atom. The van der Waals surface area contributed by atoms with Crippen LogP contribution in [0, 0.1) is 5.82 Å². The van der Waals surface area contributed by atoms with Crippen molar-refractivity contribution in [2.24, 2.45) is 0 Å². The normalized spacial score (nSPS) is 15.8. The SMILES string of the molecule is CNc1c(F)cccc1C(=O)N1CCSCC1. The van der Waals surface area contributed by atoms with Crippen molar-refractivity contribution in [3.63, 3.8) is 0 Å². The summed E-state index contributed by atoms with van der Waals surface area (Å²) in [6.45, 7) is 1.48. The highest BCUT2D eigenvalue weighted by molar-refractivity contribution is 7.99. The van der Waals surface area contributed by atoms with E-state index in [1.165, 1.54) is 6.07 Å². The Morgan fingerprint density at radius 3 is 2.76 bits per heavy atom. The predicted molar refractivity (Wildman–Crippen MR) is 69.2 cm³/mol. The lowest BCUT2D eigenvalue weighted by Crippen LogP contribution is -2.38. The number of amides is 1. The van der Waals surface area contributed by atoms with E-state index in [0.29, 0.717) is 5.56 Å². The number of hydrogen-bond acceptors (Lipinski definition) is 3.